The molecular weight excluding hydrogens is 396 g/mol. The van der Waals surface area contributed by atoms with Crippen molar-refractivity contribution in [3.05, 3.63) is 23.2 Å². The molecule has 28 heavy (non-hydrogen) atoms. The third-order valence-electron chi connectivity index (χ3n) is 5.23. The number of urea groups is 1. The molecule has 0 radical (unpaired) electrons. The summed E-state index contributed by atoms with van der Waals surface area (Å²) in [7, 11) is 0. The van der Waals surface area contributed by atoms with Crippen LogP contribution in [0.3, 0.4) is 0 Å². The van der Waals surface area contributed by atoms with Gasteiger partial charge in [-0.2, -0.15) is 8.78 Å². The molecule has 0 bridgehead atoms. The van der Waals surface area contributed by atoms with Crippen LogP contribution in [0.15, 0.2) is 18.2 Å². The van der Waals surface area contributed by atoms with E-state index in [1.54, 1.807) is 0 Å². The Labute approximate surface area is 165 Å². The Morgan fingerprint density at radius 1 is 1.43 bits per heavy atom. The fraction of sp³-hybridized carbons (Fsp3) is 0.500. The van der Waals surface area contributed by atoms with E-state index in [1.807, 2.05) is 6.92 Å². The SMILES string of the molecule is CC1CCCCC12NC(=O)N(CC(=O)Nc1ccc(OC(F)F)c(Cl)c1)C2=O. The minimum Gasteiger partial charge on any atom is -0.433 e. The van der Waals surface area contributed by atoms with E-state index in [-0.39, 0.29) is 22.4 Å². The predicted octanol–water partition coefficient (Wildman–Crippen LogP) is 3.38. The molecule has 1 aliphatic carbocycles. The lowest BCUT2D eigenvalue weighted by Crippen LogP contribution is -2.54. The maximum absolute atomic E-state index is 12.8. The zero-order valence-corrected chi connectivity index (χ0v) is 15.9. The number of amides is 4. The van der Waals surface area contributed by atoms with Crippen LogP contribution in [-0.4, -0.2) is 41.4 Å². The molecule has 4 amide bonds. The number of hydrogen-bond acceptors (Lipinski definition) is 4. The summed E-state index contributed by atoms with van der Waals surface area (Å²) in [6.07, 6.45) is 3.22. The molecule has 1 aromatic carbocycles. The van der Waals surface area contributed by atoms with E-state index in [0.29, 0.717) is 6.42 Å². The van der Waals surface area contributed by atoms with Crippen LogP contribution in [0, 0.1) is 5.92 Å². The molecule has 2 atom stereocenters. The zero-order valence-electron chi connectivity index (χ0n) is 15.1. The highest BCUT2D eigenvalue weighted by atomic mass is 35.5. The Balaban J connectivity index is 1.66. The van der Waals surface area contributed by atoms with Crippen LogP contribution in [0.2, 0.25) is 5.02 Å². The van der Waals surface area contributed by atoms with Gasteiger partial charge >= 0.3 is 12.6 Å². The zero-order chi connectivity index (χ0) is 20.5. The molecule has 3 rings (SSSR count). The fourth-order valence-electron chi connectivity index (χ4n) is 3.75. The quantitative estimate of drug-likeness (QED) is 0.722. The molecule has 1 aliphatic heterocycles. The molecule has 1 aromatic rings. The third-order valence-corrected chi connectivity index (χ3v) is 5.53. The largest absolute Gasteiger partial charge is 0.433 e. The van der Waals surface area contributed by atoms with E-state index in [9.17, 15) is 23.2 Å². The van der Waals surface area contributed by atoms with Crippen LogP contribution < -0.4 is 15.4 Å². The lowest BCUT2D eigenvalue weighted by Gasteiger charge is -2.36. The highest BCUT2D eigenvalue weighted by molar-refractivity contribution is 6.32. The maximum atomic E-state index is 12.8. The molecule has 2 N–H and O–H groups in total. The van der Waals surface area contributed by atoms with E-state index >= 15 is 0 Å². The Hall–Kier alpha value is -2.42. The predicted molar refractivity (Wildman–Crippen MR) is 97.3 cm³/mol. The summed E-state index contributed by atoms with van der Waals surface area (Å²) < 4.78 is 28.8. The first-order chi connectivity index (χ1) is 13.2. The van der Waals surface area contributed by atoms with Crippen molar-refractivity contribution in [3.63, 3.8) is 0 Å². The van der Waals surface area contributed by atoms with Crippen molar-refractivity contribution in [2.24, 2.45) is 5.92 Å². The molecule has 0 aromatic heterocycles. The second-order valence-corrected chi connectivity index (χ2v) is 7.42. The number of carbonyl (C=O) groups is 3. The number of rotatable bonds is 5. The van der Waals surface area contributed by atoms with E-state index in [2.05, 4.69) is 15.4 Å². The van der Waals surface area contributed by atoms with E-state index in [4.69, 9.17) is 11.6 Å². The number of anilines is 1. The van der Waals surface area contributed by atoms with Gasteiger partial charge in [0.15, 0.2) is 0 Å². The molecule has 2 fully saturated rings. The third kappa shape index (κ3) is 3.89. The molecule has 2 unspecified atom stereocenters. The molecule has 1 spiro atoms. The first-order valence-corrected chi connectivity index (χ1v) is 9.29. The highest BCUT2D eigenvalue weighted by Crippen LogP contribution is 2.38. The van der Waals surface area contributed by atoms with Crippen molar-refractivity contribution in [3.8, 4) is 5.75 Å². The van der Waals surface area contributed by atoms with Crippen molar-refractivity contribution in [1.29, 1.82) is 0 Å². The van der Waals surface area contributed by atoms with Gasteiger partial charge in [-0.1, -0.05) is 31.4 Å². The summed E-state index contributed by atoms with van der Waals surface area (Å²) in [6.45, 7) is -1.55. The normalized spacial score (nSPS) is 24.6. The number of ether oxygens (including phenoxy) is 1. The standard InChI is InChI=1S/C18H20ClF2N3O4/c1-10-4-2-3-7-18(10)15(26)24(17(27)23-18)9-14(25)22-11-5-6-13(12(19)8-11)28-16(20)21/h5-6,8,10,16H,2-4,7,9H2,1H3,(H,22,25)(H,23,27). The van der Waals surface area contributed by atoms with E-state index in [0.717, 1.165) is 24.2 Å². The van der Waals surface area contributed by atoms with Crippen LogP contribution in [0.1, 0.15) is 32.6 Å². The number of hydrogen-bond donors (Lipinski definition) is 2. The second-order valence-electron chi connectivity index (χ2n) is 7.01. The Morgan fingerprint density at radius 2 is 2.18 bits per heavy atom. The van der Waals surface area contributed by atoms with Gasteiger partial charge < -0.3 is 15.4 Å². The smallest absolute Gasteiger partial charge is 0.387 e. The number of nitrogens with zero attached hydrogens (tertiary/aromatic N) is 1. The van der Waals surface area contributed by atoms with Crippen LogP contribution in [0.5, 0.6) is 5.75 Å². The number of halogens is 3. The van der Waals surface area contributed by atoms with Gasteiger partial charge in [0.2, 0.25) is 5.91 Å². The van der Waals surface area contributed by atoms with Gasteiger partial charge in [-0.25, -0.2) is 4.79 Å². The van der Waals surface area contributed by atoms with Gasteiger partial charge in [0.25, 0.3) is 5.91 Å². The molecular formula is C18H20ClF2N3O4. The summed E-state index contributed by atoms with van der Waals surface area (Å²) in [5, 5.41) is 5.16. The van der Waals surface area contributed by atoms with Crippen LogP contribution in [0.25, 0.3) is 0 Å². The van der Waals surface area contributed by atoms with Crippen molar-refractivity contribution < 1.29 is 27.9 Å². The summed E-state index contributed by atoms with van der Waals surface area (Å²) in [4.78, 5) is 38.4. The number of nitrogens with one attached hydrogen (secondary N) is 2. The summed E-state index contributed by atoms with van der Waals surface area (Å²) in [6, 6.07) is 3.18. The van der Waals surface area contributed by atoms with Gasteiger partial charge in [0.1, 0.15) is 17.8 Å². The van der Waals surface area contributed by atoms with Gasteiger partial charge in [0.05, 0.1) is 5.02 Å². The van der Waals surface area contributed by atoms with Gasteiger partial charge in [-0.3, -0.25) is 14.5 Å². The van der Waals surface area contributed by atoms with E-state index < -0.39 is 36.5 Å². The highest BCUT2D eigenvalue weighted by Gasteiger charge is 2.55. The summed E-state index contributed by atoms with van der Waals surface area (Å²) in [5.74, 6) is -1.23. The van der Waals surface area contributed by atoms with Crippen molar-refractivity contribution in [2.75, 3.05) is 11.9 Å². The van der Waals surface area contributed by atoms with Crippen molar-refractivity contribution >= 4 is 35.1 Å². The Morgan fingerprint density at radius 3 is 2.82 bits per heavy atom. The first-order valence-electron chi connectivity index (χ1n) is 8.91. The second kappa shape index (κ2) is 7.90. The van der Waals surface area contributed by atoms with E-state index in [1.165, 1.54) is 18.2 Å². The van der Waals surface area contributed by atoms with Crippen molar-refractivity contribution in [2.45, 2.75) is 44.8 Å². The average Bonchev–Trinajstić information content (AvgIpc) is 2.85. The van der Waals surface area contributed by atoms with Crippen LogP contribution in [-0.2, 0) is 9.59 Å². The fourth-order valence-corrected chi connectivity index (χ4v) is 3.98. The Kier molecular flexibility index (Phi) is 5.74. The van der Waals surface area contributed by atoms with Gasteiger partial charge in [-0.15, -0.1) is 0 Å². The van der Waals surface area contributed by atoms with Crippen LogP contribution >= 0.6 is 11.6 Å². The van der Waals surface area contributed by atoms with Crippen LogP contribution in [0.4, 0.5) is 19.3 Å². The monoisotopic (exact) mass is 415 g/mol. The first kappa shape index (κ1) is 20.3. The minimum absolute atomic E-state index is 0.00746. The lowest BCUT2D eigenvalue weighted by atomic mass is 9.73. The molecule has 1 saturated heterocycles. The van der Waals surface area contributed by atoms with Crippen molar-refractivity contribution in [1.82, 2.24) is 10.2 Å². The molecule has 1 saturated carbocycles. The molecule has 152 valence electrons. The Bertz CT molecular complexity index is 807. The molecule has 1 heterocycles. The number of benzene rings is 1. The maximum Gasteiger partial charge on any atom is 0.387 e. The lowest BCUT2D eigenvalue weighted by molar-refractivity contribution is -0.136. The number of imide groups is 1. The summed E-state index contributed by atoms with van der Waals surface area (Å²) >= 11 is 5.85. The minimum atomic E-state index is -3.02. The topological polar surface area (TPSA) is 87.7 Å². The molecule has 2 aliphatic rings. The average molecular weight is 416 g/mol. The number of carbonyl (C=O) groups excluding carboxylic acids is 3. The summed E-state index contributed by atoms with van der Waals surface area (Å²) in [5.41, 5.74) is -0.711. The molecule has 10 heteroatoms. The van der Waals surface area contributed by atoms with Gasteiger partial charge in [0, 0.05) is 5.69 Å². The molecule has 7 nitrogen and oxygen atoms in total. The van der Waals surface area contributed by atoms with Gasteiger partial charge in [-0.05, 0) is 37.0 Å². The number of alkyl halides is 2.